The first-order valence-corrected chi connectivity index (χ1v) is 7.82. The minimum Gasteiger partial charge on any atom is -0.481 e. The summed E-state index contributed by atoms with van der Waals surface area (Å²) in [7, 11) is 0. The van der Waals surface area contributed by atoms with Crippen molar-refractivity contribution in [3.63, 3.8) is 0 Å². The number of ether oxygens (including phenoxy) is 1. The predicted molar refractivity (Wildman–Crippen MR) is 83.1 cm³/mol. The number of rotatable bonds is 6. The van der Waals surface area contributed by atoms with E-state index in [-0.39, 0.29) is 12.5 Å². The van der Waals surface area contributed by atoms with Crippen molar-refractivity contribution < 1.29 is 14.6 Å². The number of morpholine rings is 1. The molecule has 1 atom stereocenters. The van der Waals surface area contributed by atoms with E-state index in [4.69, 9.17) is 33.0 Å². The number of carbonyl (C=O) groups is 1. The lowest BCUT2D eigenvalue weighted by atomic mass is 10.1. The van der Waals surface area contributed by atoms with Crippen molar-refractivity contribution in [2.75, 3.05) is 26.2 Å². The minimum atomic E-state index is -0.731. The van der Waals surface area contributed by atoms with Gasteiger partial charge in [0, 0.05) is 19.5 Å². The van der Waals surface area contributed by atoms with Gasteiger partial charge >= 0.3 is 5.97 Å². The van der Waals surface area contributed by atoms with E-state index in [0.29, 0.717) is 23.1 Å². The van der Waals surface area contributed by atoms with Crippen molar-refractivity contribution in [2.45, 2.75) is 25.4 Å². The maximum absolute atomic E-state index is 10.5. The molecule has 116 valence electrons. The number of carboxylic acids is 1. The molecule has 2 rings (SSSR count). The molecule has 1 fully saturated rings. The van der Waals surface area contributed by atoms with E-state index in [2.05, 4.69) is 4.90 Å². The number of hydrogen-bond donors (Lipinski definition) is 1. The summed E-state index contributed by atoms with van der Waals surface area (Å²) < 4.78 is 5.80. The van der Waals surface area contributed by atoms with Gasteiger partial charge in [0.1, 0.15) is 0 Å². The number of benzene rings is 1. The molecule has 1 aromatic rings. The molecule has 1 aliphatic rings. The van der Waals surface area contributed by atoms with Crippen LogP contribution in [0.1, 0.15) is 30.9 Å². The first-order chi connectivity index (χ1) is 10.1. The molecular weight excluding hydrogens is 313 g/mol. The van der Waals surface area contributed by atoms with Gasteiger partial charge in [-0.15, -0.1) is 0 Å². The van der Waals surface area contributed by atoms with E-state index in [1.54, 1.807) is 6.07 Å². The van der Waals surface area contributed by atoms with Crippen molar-refractivity contribution in [1.29, 1.82) is 0 Å². The molecule has 0 unspecified atom stereocenters. The maximum atomic E-state index is 10.5. The quantitative estimate of drug-likeness (QED) is 0.809. The zero-order valence-electron chi connectivity index (χ0n) is 11.7. The molecule has 0 bridgehead atoms. The summed E-state index contributed by atoms with van der Waals surface area (Å²) >= 11 is 12.0. The third-order valence-electron chi connectivity index (χ3n) is 3.58. The van der Waals surface area contributed by atoms with E-state index >= 15 is 0 Å². The van der Waals surface area contributed by atoms with Gasteiger partial charge in [-0.3, -0.25) is 9.69 Å². The molecule has 4 nitrogen and oxygen atoms in total. The second-order valence-corrected chi connectivity index (χ2v) is 6.00. The number of aliphatic carboxylic acids is 1. The van der Waals surface area contributed by atoms with Gasteiger partial charge in [0.2, 0.25) is 0 Å². The molecule has 6 heteroatoms. The topological polar surface area (TPSA) is 49.8 Å². The molecule has 21 heavy (non-hydrogen) atoms. The summed E-state index contributed by atoms with van der Waals surface area (Å²) in [5.41, 5.74) is 1.03. The number of unbranched alkanes of at least 4 members (excludes halogenated alkanes) is 1. The van der Waals surface area contributed by atoms with E-state index in [9.17, 15) is 4.79 Å². The highest BCUT2D eigenvalue weighted by Crippen LogP contribution is 2.29. The molecule has 0 aromatic heterocycles. The van der Waals surface area contributed by atoms with Crippen molar-refractivity contribution in [3.8, 4) is 0 Å². The van der Waals surface area contributed by atoms with Crippen molar-refractivity contribution in [3.05, 3.63) is 33.8 Å². The predicted octanol–water partition coefficient (Wildman–Crippen LogP) is 3.62. The summed E-state index contributed by atoms with van der Waals surface area (Å²) in [5.74, 6) is -0.731. The van der Waals surface area contributed by atoms with Crippen LogP contribution in [0.4, 0.5) is 0 Å². The van der Waals surface area contributed by atoms with Crippen molar-refractivity contribution in [2.24, 2.45) is 0 Å². The van der Waals surface area contributed by atoms with Crippen LogP contribution in [0.3, 0.4) is 0 Å². The Kier molecular flexibility index (Phi) is 6.30. The van der Waals surface area contributed by atoms with Crippen molar-refractivity contribution >= 4 is 29.2 Å². The molecule has 1 aromatic carbocycles. The molecule has 0 radical (unpaired) electrons. The Morgan fingerprint density at radius 3 is 2.86 bits per heavy atom. The van der Waals surface area contributed by atoms with E-state index in [1.807, 2.05) is 12.1 Å². The summed E-state index contributed by atoms with van der Waals surface area (Å²) in [6.45, 7) is 3.24. The van der Waals surface area contributed by atoms with Gasteiger partial charge in [0.05, 0.1) is 22.8 Å². The summed E-state index contributed by atoms with van der Waals surface area (Å²) in [5, 5.41) is 9.71. The highest BCUT2D eigenvalue weighted by Gasteiger charge is 2.22. The molecule has 0 saturated carbocycles. The van der Waals surface area contributed by atoms with Crippen LogP contribution in [0, 0.1) is 0 Å². The van der Waals surface area contributed by atoms with Crippen LogP contribution in [0.15, 0.2) is 18.2 Å². The third-order valence-corrected chi connectivity index (χ3v) is 4.32. The molecule has 0 amide bonds. The molecule has 1 heterocycles. The van der Waals surface area contributed by atoms with Crippen LogP contribution < -0.4 is 0 Å². The second-order valence-electron chi connectivity index (χ2n) is 5.18. The number of hydrogen-bond acceptors (Lipinski definition) is 3. The lowest BCUT2D eigenvalue weighted by molar-refractivity contribution is -0.137. The zero-order valence-corrected chi connectivity index (χ0v) is 13.2. The van der Waals surface area contributed by atoms with Gasteiger partial charge in [-0.1, -0.05) is 29.3 Å². The lowest BCUT2D eigenvalue weighted by Crippen LogP contribution is -2.38. The van der Waals surface area contributed by atoms with E-state index < -0.39 is 5.97 Å². The third kappa shape index (κ3) is 5.15. The fourth-order valence-electron chi connectivity index (χ4n) is 2.43. The van der Waals surface area contributed by atoms with Gasteiger partial charge in [0.15, 0.2) is 0 Å². The van der Waals surface area contributed by atoms with Crippen LogP contribution in [0.25, 0.3) is 0 Å². The Morgan fingerprint density at radius 1 is 1.33 bits per heavy atom. The Labute approximate surface area is 134 Å². The average molecular weight is 332 g/mol. The minimum absolute atomic E-state index is 0.00649. The Morgan fingerprint density at radius 2 is 2.14 bits per heavy atom. The monoisotopic (exact) mass is 331 g/mol. The van der Waals surface area contributed by atoms with E-state index in [1.165, 1.54) is 0 Å². The summed E-state index contributed by atoms with van der Waals surface area (Å²) in [6, 6.07) is 5.57. The first-order valence-electron chi connectivity index (χ1n) is 7.07. The van der Waals surface area contributed by atoms with Crippen LogP contribution in [-0.4, -0.2) is 42.2 Å². The molecule has 1 aliphatic heterocycles. The average Bonchev–Trinajstić information content (AvgIpc) is 2.47. The maximum Gasteiger partial charge on any atom is 0.303 e. The number of halogens is 2. The van der Waals surface area contributed by atoms with Gasteiger partial charge in [-0.2, -0.15) is 0 Å². The zero-order chi connectivity index (χ0) is 15.2. The standard InChI is InChI=1S/C15H19Cl2NO3/c16-12-5-4-11(9-13(12)17)14-10-18(7-8-21-14)6-2-1-3-15(19)20/h4-5,9,14H,1-3,6-8,10H2,(H,19,20)/t14-/m0/s1. The van der Waals surface area contributed by atoms with Crippen LogP contribution in [0.2, 0.25) is 10.0 Å². The fraction of sp³-hybridized carbons (Fsp3) is 0.533. The molecule has 1 N–H and O–H groups in total. The normalized spacial score (nSPS) is 19.6. The highest BCUT2D eigenvalue weighted by molar-refractivity contribution is 6.42. The summed E-state index contributed by atoms with van der Waals surface area (Å²) in [4.78, 5) is 12.8. The second kappa shape index (κ2) is 7.99. The molecule has 0 aliphatic carbocycles. The largest absolute Gasteiger partial charge is 0.481 e. The van der Waals surface area contributed by atoms with Gasteiger partial charge < -0.3 is 9.84 Å². The highest BCUT2D eigenvalue weighted by atomic mass is 35.5. The SMILES string of the molecule is O=C(O)CCCCN1CCO[C@H](c2ccc(Cl)c(Cl)c2)C1. The van der Waals surface area contributed by atoms with Crippen LogP contribution in [-0.2, 0) is 9.53 Å². The van der Waals surface area contributed by atoms with E-state index in [0.717, 1.165) is 31.6 Å². The number of nitrogens with zero attached hydrogens (tertiary/aromatic N) is 1. The Balaban J connectivity index is 1.85. The molecule has 0 spiro atoms. The summed E-state index contributed by atoms with van der Waals surface area (Å²) in [6.07, 6.45) is 1.83. The van der Waals surface area contributed by atoms with Crippen LogP contribution >= 0.6 is 23.2 Å². The van der Waals surface area contributed by atoms with Gasteiger partial charge in [0.25, 0.3) is 0 Å². The molecule has 1 saturated heterocycles. The van der Waals surface area contributed by atoms with Crippen LogP contribution in [0.5, 0.6) is 0 Å². The van der Waals surface area contributed by atoms with Gasteiger partial charge in [-0.25, -0.2) is 0 Å². The molecular formula is C15H19Cl2NO3. The Bertz CT molecular complexity index is 496. The smallest absolute Gasteiger partial charge is 0.303 e. The fourth-order valence-corrected chi connectivity index (χ4v) is 2.74. The number of carboxylic acid groups (broad SMARTS) is 1. The Hall–Kier alpha value is -0.810. The first kappa shape index (κ1) is 16.6. The van der Waals surface area contributed by atoms with Gasteiger partial charge in [-0.05, 0) is 37.1 Å². The van der Waals surface area contributed by atoms with Crippen molar-refractivity contribution in [1.82, 2.24) is 4.90 Å². The lowest BCUT2D eigenvalue weighted by Gasteiger charge is -2.33.